The summed E-state index contributed by atoms with van der Waals surface area (Å²) in [4.78, 5) is 12.1. The Bertz CT molecular complexity index is 1000. The lowest BCUT2D eigenvalue weighted by atomic mass is 10.2. The van der Waals surface area contributed by atoms with E-state index < -0.39 is 31.5 Å². The van der Waals surface area contributed by atoms with Crippen molar-refractivity contribution < 1.29 is 21.6 Å². The molecule has 2 N–H and O–H groups in total. The van der Waals surface area contributed by atoms with Gasteiger partial charge in [-0.05, 0) is 43.2 Å². The quantitative estimate of drug-likeness (QED) is 0.642. The zero-order valence-corrected chi connectivity index (χ0v) is 17.4. The predicted molar refractivity (Wildman–Crippen MR) is 109 cm³/mol. The van der Waals surface area contributed by atoms with Crippen molar-refractivity contribution in [3.63, 3.8) is 0 Å². The van der Waals surface area contributed by atoms with E-state index >= 15 is 0 Å². The minimum Gasteiger partial charge on any atom is -0.325 e. The Morgan fingerprint density at radius 2 is 1.57 bits per heavy atom. The fourth-order valence-electron chi connectivity index (χ4n) is 2.41. The number of rotatable bonds is 9. The molecule has 0 saturated carbocycles. The molecule has 2 aromatic carbocycles. The molecular formula is C19H24N2O5S2. The molecule has 0 bridgehead atoms. The van der Waals surface area contributed by atoms with E-state index in [0.29, 0.717) is 17.7 Å². The summed E-state index contributed by atoms with van der Waals surface area (Å²) < 4.78 is 51.3. The van der Waals surface area contributed by atoms with Crippen molar-refractivity contribution in [2.24, 2.45) is 0 Å². The van der Waals surface area contributed by atoms with Gasteiger partial charge in [-0.25, -0.2) is 21.6 Å². The first-order valence-corrected chi connectivity index (χ1v) is 12.1. The summed E-state index contributed by atoms with van der Waals surface area (Å²) in [5.41, 5.74) is 0.932. The van der Waals surface area contributed by atoms with Gasteiger partial charge < -0.3 is 5.32 Å². The van der Waals surface area contributed by atoms with Gasteiger partial charge in [-0.2, -0.15) is 0 Å². The third kappa shape index (κ3) is 6.74. The number of carbonyl (C=O) groups is 1. The van der Waals surface area contributed by atoms with E-state index in [-0.39, 0.29) is 16.7 Å². The molecule has 2 rings (SSSR count). The second-order valence-electron chi connectivity index (χ2n) is 6.52. The second-order valence-corrected chi connectivity index (χ2v) is 10.3. The number of sulfonamides is 1. The third-order valence-electron chi connectivity index (χ3n) is 4.00. The molecule has 2 aromatic rings. The van der Waals surface area contributed by atoms with Crippen LogP contribution in [-0.2, 0) is 30.4 Å². The van der Waals surface area contributed by atoms with Gasteiger partial charge in [-0.1, -0.05) is 37.3 Å². The molecule has 0 aliphatic carbocycles. The third-order valence-corrected chi connectivity index (χ3v) is 7.08. The van der Waals surface area contributed by atoms with Crippen LogP contribution in [0.2, 0.25) is 0 Å². The van der Waals surface area contributed by atoms with E-state index in [4.69, 9.17) is 0 Å². The molecule has 0 radical (unpaired) electrons. The summed E-state index contributed by atoms with van der Waals surface area (Å²) >= 11 is 0. The van der Waals surface area contributed by atoms with Crippen molar-refractivity contribution in [3.8, 4) is 0 Å². The Kier molecular flexibility index (Phi) is 7.34. The van der Waals surface area contributed by atoms with Crippen molar-refractivity contribution in [3.05, 3.63) is 60.2 Å². The van der Waals surface area contributed by atoms with Gasteiger partial charge in [0.1, 0.15) is 5.75 Å². The summed E-state index contributed by atoms with van der Waals surface area (Å²) in [5, 5.41) is 2.48. The van der Waals surface area contributed by atoms with Gasteiger partial charge in [0.2, 0.25) is 15.9 Å². The predicted octanol–water partition coefficient (Wildman–Crippen LogP) is 2.32. The Morgan fingerprint density at radius 1 is 0.964 bits per heavy atom. The average molecular weight is 425 g/mol. The Balaban J connectivity index is 1.99. The highest BCUT2D eigenvalue weighted by atomic mass is 32.2. The van der Waals surface area contributed by atoms with E-state index in [1.807, 2.05) is 6.92 Å². The Morgan fingerprint density at radius 3 is 2.14 bits per heavy atom. The number of anilines is 1. The molecule has 0 aromatic heterocycles. The fraction of sp³-hybridized carbons (Fsp3) is 0.316. The van der Waals surface area contributed by atoms with Crippen LogP contribution >= 0.6 is 0 Å². The van der Waals surface area contributed by atoms with E-state index in [0.717, 1.165) is 0 Å². The molecule has 0 fully saturated rings. The minimum absolute atomic E-state index is 0.0718. The van der Waals surface area contributed by atoms with Crippen LogP contribution in [0.5, 0.6) is 0 Å². The highest BCUT2D eigenvalue weighted by Crippen LogP contribution is 2.15. The molecule has 0 aliphatic rings. The Labute approximate surface area is 166 Å². The first kappa shape index (κ1) is 22.1. The molecule has 0 aliphatic heterocycles. The number of hydrogen-bond acceptors (Lipinski definition) is 5. The zero-order chi connectivity index (χ0) is 20.8. The molecule has 0 spiro atoms. The summed E-state index contributed by atoms with van der Waals surface area (Å²) in [6.07, 6.45) is 0.658. The zero-order valence-electron chi connectivity index (χ0n) is 15.8. The van der Waals surface area contributed by atoms with E-state index in [1.54, 1.807) is 37.3 Å². The number of nitrogens with one attached hydrogen (secondary N) is 2. The number of carbonyl (C=O) groups excluding carboxylic acids is 1. The fourth-order valence-corrected chi connectivity index (χ4v) is 5.01. The first-order valence-electron chi connectivity index (χ1n) is 8.78. The number of hydrogen-bond donors (Lipinski definition) is 2. The van der Waals surface area contributed by atoms with Gasteiger partial charge >= 0.3 is 0 Å². The van der Waals surface area contributed by atoms with Crippen LogP contribution in [0, 0.1) is 0 Å². The van der Waals surface area contributed by atoms with Crippen LogP contribution in [0.4, 0.5) is 5.69 Å². The first-order chi connectivity index (χ1) is 13.1. The maximum absolute atomic E-state index is 12.2. The maximum Gasteiger partial charge on any atom is 0.240 e. The van der Waals surface area contributed by atoms with Crippen molar-refractivity contribution >= 4 is 31.5 Å². The van der Waals surface area contributed by atoms with Crippen LogP contribution in [0.1, 0.15) is 25.8 Å². The summed E-state index contributed by atoms with van der Waals surface area (Å²) in [7, 11) is -7.26. The number of benzene rings is 2. The van der Waals surface area contributed by atoms with Crippen molar-refractivity contribution in [1.82, 2.24) is 4.72 Å². The second kappa shape index (κ2) is 9.31. The maximum atomic E-state index is 12.2. The van der Waals surface area contributed by atoms with Crippen molar-refractivity contribution in [2.45, 2.75) is 37.0 Å². The van der Waals surface area contributed by atoms with Gasteiger partial charge in [0.15, 0.2) is 9.84 Å². The van der Waals surface area contributed by atoms with Crippen LogP contribution in [0.3, 0.4) is 0 Å². The summed E-state index contributed by atoms with van der Waals surface area (Å²) in [6, 6.07) is 14.0. The SMILES string of the molecule is CCC(C)NS(=O)(=O)c1ccc(NC(=O)CS(=O)(=O)Cc2ccccc2)cc1. The molecule has 152 valence electrons. The lowest BCUT2D eigenvalue weighted by Gasteiger charge is -2.12. The van der Waals surface area contributed by atoms with Gasteiger partial charge in [0, 0.05) is 11.7 Å². The normalized spacial score (nSPS) is 13.1. The molecule has 1 atom stereocenters. The van der Waals surface area contributed by atoms with Crippen LogP contribution in [0.15, 0.2) is 59.5 Å². The molecule has 1 unspecified atom stereocenters. The van der Waals surface area contributed by atoms with Gasteiger partial charge in [-0.3, -0.25) is 4.79 Å². The topological polar surface area (TPSA) is 109 Å². The summed E-state index contributed by atoms with van der Waals surface area (Å²) in [5.74, 6) is -1.55. The molecule has 0 saturated heterocycles. The summed E-state index contributed by atoms with van der Waals surface area (Å²) in [6.45, 7) is 3.64. The lowest BCUT2D eigenvalue weighted by molar-refractivity contribution is -0.113. The van der Waals surface area contributed by atoms with Gasteiger partial charge in [0.25, 0.3) is 0 Å². The van der Waals surface area contributed by atoms with Crippen molar-refractivity contribution in [1.29, 1.82) is 0 Å². The highest BCUT2D eigenvalue weighted by molar-refractivity contribution is 7.91. The van der Waals surface area contributed by atoms with E-state index in [1.165, 1.54) is 24.3 Å². The standard InChI is InChI=1S/C19H24N2O5S2/c1-3-15(2)21-28(25,26)18-11-9-17(10-12-18)20-19(22)14-27(23,24)13-16-7-5-4-6-8-16/h4-12,15,21H,3,13-14H2,1-2H3,(H,20,22). The lowest BCUT2D eigenvalue weighted by Crippen LogP contribution is -2.32. The van der Waals surface area contributed by atoms with Crippen LogP contribution in [0.25, 0.3) is 0 Å². The number of sulfone groups is 1. The molecule has 9 heteroatoms. The minimum atomic E-state index is -3.64. The van der Waals surface area contributed by atoms with Gasteiger partial charge in [0.05, 0.1) is 10.6 Å². The molecule has 28 heavy (non-hydrogen) atoms. The largest absolute Gasteiger partial charge is 0.325 e. The van der Waals surface area contributed by atoms with E-state index in [2.05, 4.69) is 10.0 Å². The van der Waals surface area contributed by atoms with E-state index in [9.17, 15) is 21.6 Å². The molecule has 7 nitrogen and oxygen atoms in total. The Hall–Kier alpha value is -2.23. The smallest absolute Gasteiger partial charge is 0.240 e. The van der Waals surface area contributed by atoms with Crippen LogP contribution < -0.4 is 10.0 Å². The molecule has 1 amide bonds. The average Bonchev–Trinajstić information content (AvgIpc) is 2.61. The molecule has 0 heterocycles. The monoisotopic (exact) mass is 424 g/mol. The molecular weight excluding hydrogens is 400 g/mol. The van der Waals surface area contributed by atoms with Gasteiger partial charge in [-0.15, -0.1) is 0 Å². The van der Waals surface area contributed by atoms with Crippen LogP contribution in [-0.4, -0.2) is 34.5 Å². The number of amides is 1. The highest BCUT2D eigenvalue weighted by Gasteiger charge is 2.19. The van der Waals surface area contributed by atoms with Crippen molar-refractivity contribution in [2.75, 3.05) is 11.1 Å².